The number of hydrogen-bond acceptors (Lipinski definition) is 6. The van der Waals surface area contributed by atoms with Crippen molar-refractivity contribution < 1.29 is 29.1 Å². The molecule has 4 aliphatic rings. The number of hydrogen-bond donors (Lipinski definition) is 1. The first-order valence-corrected chi connectivity index (χ1v) is 11.9. The van der Waals surface area contributed by atoms with Crippen LogP contribution in [-0.4, -0.2) is 40.7 Å². The van der Waals surface area contributed by atoms with E-state index in [0.29, 0.717) is 24.2 Å². The Morgan fingerprint density at radius 3 is 2.44 bits per heavy atom. The first-order valence-electron chi connectivity index (χ1n) is 11.9. The predicted octanol–water partition coefficient (Wildman–Crippen LogP) is 4.30. The molecule has 3 saturated carbocycles. The standard InChI is InChI=1S/C25H35NO6/c1-15(27)25(32-16(2)28)12-9-21-19-6-5-17-13-18(26-31-14-22(29)30)7-10-23(17,3)20(19)8-11-24(21,25)4/h13,19-21H,5-12,14H2,1-4H3,(H,29,30)/b26-18+/t19-,20+,21-,23-,24-,25-/m0/s1. The quantitative estimate of drug-likeness (QED) is 0.500. The van der Waals surface area contributed by atoms with Gasteiger partial charge in [-0.2, -0.15) is 0 Å². The lowest BCUT2D eigenvalue weighted by Crippen LogP contribution is -2.58. The van der Waals surface area contributed by atoms with Gasteiger partial charge in [-0.15, -0.1) is 0 Å². The molecule has 1 N–H and O–H groups in total. The highest BCUT2D eigenvalue weighted by atomic mass is 16.6. The zero-order valence-corrected chi connectivity index (χ0v) is 19.6. The summed E-state index contributed by atoms with van der Waals surface area (Å²) in [5.74, 6) is 0.00154. The van der Waals surface area contributed by atoms with E-state index < -0.39 is 18.2 Å². The molecular weight excluding hydrogens is 410 g/mol. The Morgan fingerprint density at radius 1 is 1.06 bits per heavy atom. The summed E-state index contributed by atoms with van der Waals surface area (Å²) in [5.41, 5.74) is 0.999. The molecule has 0 amide bonds. The van der Waals surface area contributed by atoms with Crippen molar-refractivity contribution in [3.63, 3.8) is 0 Å². The molecule has 32 heavy (non-hydrogen) atoms. The largest absolute Gasteiger partial charge is 0.479 e. The number of Topliss-reactive ketones (excluding diaryl/α,β-unsaturated/α-hetero) is 1. The van der Waals surface area contributed by atoms with Crippen LogP contribution in [0.1, 0.15) is 79.1 Å². The van der Waals surface area contributed by atoms with Gasteiger partial charge in [0, 0.05) is 12.3 Å². The van der Waals surface area contributed by atoms with Crippen molar-refractivity contribution in [1.82, 2.24) is 0 Å². The van der Waals surface area contributed by atoms with Crippen LogP contribution in [0.2, 0.25) is 0 Å². The van der Waals surface area contributed by atoms with Crippen LogP contribution in [0, 0.1) is 28.6 Å². The summed E-state index contributed by atoms with van der Waals surface area (Å²) in [6.07, 6.45) is 9.37. The van der Waals surface area contributed by atoms with E-state index in [2.05, 4.69) is 25.1 Å². The van der Waals surface area contributed by atoms with Crippen molar-refractivity contribution in [2.24, 2.45) is 33.7 Å². The first-order chi connectivity index (χ1) is 15.0. The van der Waals surface area contributed by atoms with Gasteiger partial charge in [-0.25, -0.2) is 4.79 Å². The minimum Gasteiger partial charge on any atom is -0.479 e. The van der Waals surface area contributed by atoms with Crippen molar-refractivity contribution in [2.45, 2.75) is 84.7 Å². The van der Waals surface area contributed by atoms with Crippen molar-refractivity contribution in [3.05, 3.63) is 11.6 Å². The number of aliphatic carboxylic acids is 1. The molecule has 0 saturated heterocycles. The van der Waals surface area contributed by atoms with Crippen LogP contribution < -0.4 is 0 Å². The van der Waals surface area contributed by atoms with Crippen molar-refractivity contribution in [1.29, 1.82) is 0 Å². The third kappa shape index (κ3) is 3.39. The number of carbonyl (C=O) groups is 3. The van der Waals surface area contributed by atoms with Crippen LogP contribution in [0.5, 0.6) is 0 Å². The van der Waals surface area contributed by atoms with Gasteiger partial charge in [-0.3, -0.25) is 9.59 Å². The number of esters is 1. The molecule has 0 unspecified atom stereocenters. The Morgan fingerprint density at radius 2 is 1.78 bits per heavy atom. The summed E-state index contributed by atoms with van der Waals surface area (Å²) in [7, 11) is 0. The van der Waals surface area contributed by atoms with E-state index in [9.17, 15) is 14.4 Å². The highest BCUT2D eigenvalue weighted by molar-refractivity contribution is 5.96. The maximum Gasteiger partial charge on any atom is 0.344 e. The van der Waals surface area contributed by atoms with Crippen LogP contribution in [-0.2, 0) is 24.0 Å². The molecule has 0 aromatic heterocycles. The average Bonchev–Trinajstić information content (AvgIpc) is 3.01. The summed E-state index contributed by atoms with van der Waals surface area (Å²) in [6.45, 7) is 7.12. The second kappa shape index (κ2) is 7.99. The Balaban J connectivity index is 1.59. The molecule has 7 nitrogen and oxygen atoms in total. The molecular formula is C25H35NO6. The summed E-state index contributed by atoms with van der Waals surface area (Å²) in [4.78, 5) is 40.4. The van der Waals surface area contributed by atoms with E-state index in [0.717, 1.165) is 50.7 Å². The first kappa shape index (κ1) is 23.0. The minimum atomic E-state index is -1.03. The average molecular weight is 446 g/mol. The molecule has 4 rings (SSSR count). The van der Waals surface area contributed by atoms with E-state index in [4.69, 9.17) is 14.7 Å². The van der Waals surface area contributed by atoms with Gasteiger partial charge in [0.25, 0.3) is 0 Å². The molecule has 4 aliphatic carbocycles. The maximum atomic E-state index is 12.8. The molecule has 0 aliphatic heterocycles. The third-order valence-corrected chi connectivity index (χ3v) is 9.35. The highest BCUT2D eigenvalue weighted by Gasteiger charge is 2.67. The van der Waals surface area contributed by atoms with Gasteiger partial charge in [-0.05, 0) is 87.5 Å². The number of carboxylic acid groups (broad SMARTS) is 1. The second-order valence-electron chi connectivity index (χ2n) is 10.7. The zero-order valence-electron chi connectivity index (χ0n) is 19.6. The minimum absolute atomic E-state index is 0.0152. The zero-order chi connectivity index (χ0) is 23.3. The summed E-state index contributed by atoms with van der Waals surface area (Å²) >= 11 is 0. The van der Waals surface area contributed by atoms with E-state index in [1.807, 2.05) is 0 Å². The fourth-order valence-electron chi connectivity index (χ4n) is 7.87. The monoisotopic (exact) mass is 445 g/mol. The van der Waals surface area contributed by atoms with Gasteiger partial charge in [0.2, 0.25) is 6.61 Å². The van der Waals surface area contributed by atoms with Crippen LogP contribution in [0.3, 0.4) is 0 Å². The predicted molar refractivity (Wildman–Crippen MR) is 118 cm³/mol. The lowest BCUT2D eigenvalue weighted by molar-refractivity contribution is -0.187. The number of rotatable bonds is 5. The number of ether oxygens (including phenoxy) is 1. The second-order valence-corrected chi connectivity index (χ2v) is 10.7. The molecule has 0 radical (unpaired) electrons. The van der Waals surface area contributed by atoms with Gasteiger partial charge in [0.05, 0.1) is 5.71 Å². The fraction of sp³-hybridized carbons (Fsp3) is 0.760. The number of fused-ring (bicyclic) bond motifs is 5. The number of nitrogens with zero attached hydrogens (tertiary/aromatic N) is 1. The van der Waals surface area contributed by atoms with Crippen LogP contribution >= 0.6 is 0 Å². The molecule has 6 atom stereocenters. The number of carboxylic acids is 1. The summed E-state index contributed by atoms with van der Waals surface area (Å²) in [6, 6.07) is 0. The molecule has 0 aromatic rings. The summed E-state index contributed by atoms with van der Waals surface area (Å²) < 4.78 is 5.84. The summed E-state index contributed by atoms with van der Waals surface area (Å²) in [5, 5.41) is 12.8. The number of allylic oxidation sites excluding steroid dienone is 2. The van der Waals surface area contributed by atoms with Crippen molar-refractivity contribution in [2.75, 3.05) is 6.61 Å². The highest BCUT2D eigenvalue weighted by Crippen LogP contribution is 2.68. The maximum absolute atomic E-state index is 12.8. The molecule has 0 spiro atoms. The molecule has 0 bridgehead atoms. The lowest BCUT2D eigenvalue weighted by Gasteiger charge is -2.59. The van der Waals surface area contributed by atoms with Crippen LogP contribution in [0.25, 0.3) is 0 Å². The molecule has 7 heteroatoms. The van der Waals surface area contributed by atoms with Gasteiger partial charge in [0.15, 0.2) is 11.4 Å². The van der Waals surface area contributed by atoms with Gasteiger partial charge >= 0.3 is 11.9 Å². The Hall–Kier alpha value is -2.18. The van der Waals surface area contributed by atoms with E-state index in [1.165, 1.54) is 12.5 Å². The topological polar surface area (TPSA) is 102 Å². The van der Waals surface area contributed by atoms with Gasteiger partial charge < -0.3 is 14.7 Å². The Bertz CT molecular complexity index is 893. The Kier molecular flexibility index (Phi) is 5.74. The van der Waals surface area contributed by atoms with Crippen molar-refractivity contribution >= 4 is 23.4 Å². The molecule has 0 aromatic carbocycles. The number of ketones is 1. The molecule has 0 heterocycles. The van der Waals surface area contributed by atoms with Gasteiger partial charge in [0.1, 0.15) is 0 Å². The SMILES string of the molecule is CC(=O)O[C@]1(C(C)=O)CC[C@H]2[C@H]3CCC4=C/C(=N/OCC(=O)O)CC[C@]4(C)[C@@H]3CC[C@@]21C. The molecule has 3 fully saturated rings. The Labute approximate surface area is 189 Å². The third-order valence-electron chi connectivity index (χ3n) is 9.35. The molecule has 176 valence electrons. The van der Waals surface area contributed by atoms with E-state index >= 15 is 0 Å². The number of carbonyl (C=O) groups excluding carboxylic acids is 2. The number of oxime groups is 1. The van der Waals surface area contributed by atoms with Crippen LogP contribution in [0.4, 0.5) is 0 Å². The van der Waals surface area contributed by atoms with E-state index in [1.54, 1.807) is 6.92 Å². The smallest absolute Gasteiger partial charge is 0.344 e. The van der Waals surface area contributed by atoms with Crippen LogP contribution in [0.15, 0.2) is 16.8 Å². The normalized spacial score (nSPS) is 41.7. The van der Waals surface area contributed by atoms with Gasteiger partial charge in [-0.1, -0.05) is 24.6 Å². The fourth-order valence-corrected chi connectivity index (χ4v) is 7.87. The lowest BCUT2D eigenvalue weighted by atomic mass is 9.46. The van der Waals surface area contributed by atoms with E-state index in [-0.39, 0.29) is 22.6 Å². The van der Waals surface area contributed by atoms with Crippen molar-refractivity contribution in [3.8, 4) is 0 Å².